The predicted molar refractivity (Wildman–Crippen MR) is 49.3 cm³/mol. The normalized spacial score (nSPS) is 14.7. The van der Waals surface area contributed by atoms with E-state index in [4.69, 9.17) is 5.11 Å². The molecule has 0 saturated heterocycles. The van der Waals surface area contributed by atoms with Crippen molar-refractivity contribution in [1.29, 1.82) is 0 Å². The van der Waals surface area contributed by atoms with Crippen LogP contribution in [-0.4, -0.2) is 23.0 Å². The topological polar surface area (TPSA) is 66.4 Å². The summed E-state index contributed by atoms with van der Waals surface area (Å²) in [6, 6.07) is -0.250. The Morgan fingerprint density at radius 3 is 2.31 bits per heavy atom. The van der Waals surface area contributed by atoms with Crippen LogP contribution in [0, 0.1) is 5.92 Å². The zero-order valence-corrected chi connectivity index (χ0v) is 8.33. The molecule has 0 fully saturated rings. The highest BCUT2D eigenvalue weighted by Gasteiger charge is 2.19. The molecule has 0 rings (SSSR count). The SMILES string of the molecule is CC[C@@H](C)[C@H](CC(=O)O)NC(C)=O. The van der Waals surface area contributed by atoms with Crippen molar-refractivity contribution in [2.45, 2.75) is 39.7 Å². The zero-order chi connectivity index (χ0) is 10.4. The maximum atomic E-state index is 10.8. The second-order valence-corrected chi connectivity index (χ2v) is 3.29. The van der Waals surface area contributed by atoms with Crippen molar-refractivity contribution in [3.8, 4) is 0 Å². The molecule has 0 unspecified atom stereocenters. The van der Waals surface area contributed by atoms with Gasteiger partial charge in [-0.2, -0.15) is 0 Å². The van der Waals surface area contributed by atoms with Gasteiger partial charge in [-0.1, -0.05) is 20.3 Å². The Bertz CT molecular complexity index is 175. The molecule has 0 aliphatic heterocycles. The molecule has 0 spiro atoms. The molecule has 13 heavy (non-hydrogen) atoms. The van der Waals surface area contributed by atoms with E-state index in [0.717, 1.165) is 6.42 Å². The number of carboxylic acid groups (broad SMARTS) is 1. The quantitative estimate of drug-likeness (QED) is 0.675. The monoisotopic (exact) mass is 187 g/mol. The molecule has 0 aliphatic carbocycles. The number of aliphatic carboxylic acids is 1. The highest BCUT2D eigenvalue weighted by atomic mass is 16.4. The van der Waals surface area contributed by atoms with E-state index in [-0.39, 0.29) is 24.3 Å². The molecule has 0 saturated carbocycles. The molecular weight excluding hydrogens is 170 g/mol. The summed E-state index contributed by atoms with van der Waals surface area (Å²) in [5, 5.41) is 11.2. The number of nitrogens with one attached hydrogen (secondary N) is 1. The van der Waals surface area contributed by atoms with Crippen LogP contribution in [0.3, 0.4) is 0 Å². The van der Waals surface area contributed by atoms with Crippen molar-refractivity contribution in [1.82, 2.24) is 5.32 Å². The van der Waals surface area contributed by atoms with Crippen LogP contribution in [0.2, 0.25) is 0 Å². The Hall–Kier alpha value is -1.06. The first-order valence-corrected chi connectivity index (χ1v) is 4.46. The average molecular weight is 187 g/mol. The minimum absolute atomic E-state index is 0.00537. The van der Waals surface area contributed by atoms with Gasteiger partial charge in [-0.05, 0) is 5.92 Å². The summed E-state index contributed by atoms with van der Waals surface area (Å²) in [5.41, 5.74) is 0. The Labute approximate surface area is 78.3 Å². The fraction of sp³-hybridized carbons (Fsp3) is 0.778. The number of carbonyl (C=O) groups is 2. The minimum atomic E-state index is -0.876. The maximum Gasteiger partial charge on any atom is 0.305 e. The van der Waals surface area contributed by atoms with Crippen LogP contribution in [0.15, 0.2) is 0 Å². The smallest absolute Gasteiger partial charge is 0.305 e. The van der Waals surface area contributed by atoms with Gasteiger partial charge in [0.15, 0.2) is 0 Å². The summed E-state index contributed by atoms with van der Waals surface area (Å²) >= 11 is 0. The van der Waals surface area contributed by atoms with Gasteiger partial charge in [-0.15, -0.1) is 0 Å². The minimum Gasteiger partial charge on any atom is -0.481 e. The van der Waals surface area contributed by atoms with Gasteiger partial charge < -0.3 is 10.4 Å². The fourth-order valence-electron chi connectivity index (χ4n) is 1.13. The van der Waals surface area contributed by atoms with Crippen LogP contribution in [0.25, 0.3) is 0 Å². The molecule has 0 aliphatic rings. The van der Waals surface area contributed by atoms with E-state index >= 15 is 0 Å². The number of hydrogen-bond acceptors (Lipinski definition) is 2. The highest BCUT2D eigenvalue weighted by Crippen LogP contribution is 2.10. The van der Waals surface area contributed by atoms with Crippen molar-refractivity contribution in [3.05, 3.63) is 0 Å². The first-order chi connectivity index (χ1) is 5.97. The number of carbonyl (C=O) groups excluding carboxylic acids is 1. The van der Waals surface area contributed by atoms with Crippen molar-refractivity contribution < 1.29 is 14.7 Å². The molecule has 4 heteroatoms. The predicted octanol–water partition coefficient (Wildman–Crippen LogP) is 1.01. The first kappa shape index (κ1) is 11.9. The Kier molecular flexibility index (Phi) is 5.11. The van der Waals surface area contributed by atoms with Gasteiger partial charge >= 0.3 is 5.97 Å². The number of hydrogen-bond donors (Lipinski definition) is 2. The largest absolute Gasteiger partial charge is 0.481 e. The lowest BCUT2D eigenvalue weighted by atomic mass is 9.96. The Balaban J connectivity index is 4.17. The average Bonchev–Trinajstić information content (AvgIpc) is 2.00. The Morgan fingerprint density at radius 1 is 1.46 bits per heavy atom. The molecule has 2 N–H and O–H groups in total. The van der Waals surface area contributed by atoms with E-state index < -0.39 is 5.97 Å². The molecule has 2 atom stereocenters. The lowest BCUT2D eigenvalue weighted by Gasteiger charge is -2.21. The molecule has 4 nitrogen and oxygen atoms in total. The third-order valence-corrected chi connectivity index (χ3v) is 2.11. The zero-order valence-electron chi connectivity index (χ0n) is 8.33. The first-order valence-electron chi connectivity index (χ1n) is 4.46. The van der Waals surface area contributed by atoms with Crippen molar-refractivity contribution in [2.75, 3.05) is 0 Å². The third-order valence-electron chi connectivity index (χ3n) is 2.11. The maximum absolute atomic E-state index is 10.8. The van der Waals surface area contributed by atoms with E-state index in [9.17, 15) is 9.59 Å². The molecule has 0 aromatic heterocycles. The van der Waals surface area contributed by atoms with Gasteiger partial charge in [0.05, 0.1) is 6.42 Å². The second-order valence-electron chi connectivity index (χ2n) is 3.29. The molecular formula is C9H17NO3. The third kappa shape index (κ3) is 5.22. The van der Waals surface area contributed by atoms with E-state index in [1.165, 1.54) is 6.92 Å². The summed E-state index contributed by atoms with van der Waals surface area (Å²) in [4.78, 5) is 21.2. The lowest BCUT2D eigenvalue weighted by molar-refractivity contribution is -0.138. The molecule has 0 aromatic rings. The summed E-state index contributed by atoms with van der Waals surface area (Å²) in [6.45, 7) is 5.31. The van der Waals surface area contributed by atoms with E-state index in [1.54, 1.807) is 0 Å². The standard InChI is InChI=1S/C9H17NO3/c1-4-6(2)8(5-9(12)13)10-7(3)11/h6,8H,4-5H2,1-3H3,(H,10,11)(H,12,13)/t6-,8+/m1/s1. The fourth-order valence-corrected chi connectivity index (χ4v) is 1.13. The van der Waals surface area contributed by atoms with E-state index in [2.05, 4.69) is 5.32 Å². The van der Waals surface area contributed by atoms with Crippen LogP contribution in [-0.2, 0) is 9.59 Å². The second kappa shape index (κ2) is 5.56. The molecule has 0 aromatic carbocycles. The summed E-state index contributed by atoms with van der Waals surface area (Å²) in [6.07, 6.45) is 0.854. The molecule has 76 valence electrons. The summed E-state index contributed by atoms with van der Waals surface area (Å²) in [5.74, 6) is -0.856. The summed E-state index contributed by atoms with van der Waals surface area (Å²) in [7, 11) is 0. The lowest BCUT2D eigenvalue weighted by Crippen LogP contribution is -2.39. The van der Waals surface area contributed by atoms with Crippen LogP contribution in [0.1, 0.15) is 33.6 Å². The van der Waals surface area contributed by atoms with Crippen molar-refractivity contribution >= 4 is 11.9 Å². The summed E-state index contributed by atoms with van der Waals surface area (Å²) < 4.78 is 0. The Morgan fingerprint density at radius 2 is 2.00 bits per heavy atom. The van der Waals surface area contributed by atoms with Crippen LogP contribution in [0.5, 0.6) is 0 Å². The highest BCUT2D eigenvalue weighted by molar-refractivity contribution is 5.74. The van der Waals surface area contributed by atoms with Gasteiger partial charge in [0.25, 0.3) is 0 Å². The van der Waals surface area contributed by atoms with Gasteiger partial charge in [0.1, 0.15) is 0 Å². The van der Waals surface area contributed by atoms with Crippen molar-refractivity contribution in [3.63, 3.8) is 0 Å². The van der Waals surface area contributed by atoms with Gasteiger partial charge in [0, 0.05) is 13.0 Å². The van der Waals surface area contributed by atoms with Gasteiger partial charge in [0.2, 0.25) is 5.91 Å². The molecule has 0 bridgehead atoms. The number of rotatable bonds is 5. The van der Waals surface area contributed by atoms with E-state index in [0.29, 0.717) is 0 Å². The van der Waals surface area contributed by atoms with Crippen LogP contribution >= 0.6 is 0 Å². The van der Waals surface area contributed by atoms with Crippen molar-refractivity contribution in [2.24, 2.45) is 5.92 Å². The molecule has 0 radical (unpaired) electrons. The van der Waals surface area contributed by atoms with Crippen LogP contribution < -0.4 is 5.32 Å². The molecule has 0 heterocycles. The molecule has 1 amide bonds. The van der Waals surface area contributed by atoms with Crippen LogP contribution in [0.4, 0.5) is 0 Å². The van der Waals surface area contributed by atoms with Gasteiger partial charge in [-0.25, -0.2) is 0 Å². The number of carboxylic acids is 1. The van der Waals surface area contributed by atoms with Gasteiger partial charge in [-0.3, -0.25) is 9.59 Å². The van der Waals surface area contributed by atoms with E-state index in [1.807, 2.05) is 13.8 Å². The number of amides is 1.